The highest BCUT2D eigenvalue weighted by molar-refractivity contribution is 7.10. The molecule has 0 radical (unpaired) electrons. The lowest BCUT2D eigenvalue weighted by molar-refractivity contribution is -0.140. The topological polar surface area (TPSA) is 906 Å². The van der Waals surface area contributed by atoms with Crippen molar-refractivity contribution >= 4 is 170 Å². The fraction of sp³-hybridized carbons (Fsp3) is 0.539. The second-order valence-corrected chi connectivity index (χ2v) is 33.6. The molecule has 16 atom stereocenters. The fourth-order valence-corrected chi connectivity index (χ4v) is 15.2. The molecule has 21 amide bonds. The monoisotopic (exact) mass is 1970 g/mol. The molecule has 4 aromatic heterocycles. The number of aliphatic hydroxyl groups is 6. The SMILES string of the molecule is CC(C)C[C@H](NC(=O)CNC(=O)CNC(=O)[C@H](NC(=O)c1csc([C@H](CC(N)=O)NC(=O)[C@H](C)NC(=O)[C@H](CO)NC(=O)[C@H](C)NC(=O)c2coc([C@H](CC(N)=O)NC(=O)[C@H](CO)NC(=O)c3csc([C@H](CO)NC(=O)[C@H](C)NC(=O)c4csc([C@H](CC(N)=O)NC(=O)CNC(=O)[C@@H]5CCCN5C(=O)[C@H](CO)NC5=N[C@@H](CO)C(=O)N[C@H]5CCC(N)=O)n4)n3)n2)n1)[C@@H](C)O)C(=O)NCC(=O)O. The number of carboxylic acid groups (broad SMARTS) is 1. The van der Waals surface area contributed by atoms with Crippen LogP contribution in [0.1, 0.15) is 180 Å². The number of rotatable bonds is 54. The van der Waals surface area contributed by atoms with Crippen molar-refractivity contribution in [3.8, 4) is 0 Å². The number of aliphatic imine (C=N–C) groups is 1. The van der Waals surface area contributed by atoms with Gasteiger partial charge in [0.05, 0.1) is 96.2 Å². The van der Waals surface area contributed by atoms with Gasteiger partial charge in [-0.15, -0.1) is 34.0 Å². The van der Waals surface area contributed by atoms with E-state index in [1.807, 2.05) is 0 Å². The van der Waals surface area contributed by atoms with E-state index in [2.05, 4.69) is 115 Å². The summed E-state index contributed by atoms with van der Waals surface area (Å²) in [5, 5.41) is 113. The molecule has 6 rings (SSSR count). The van der Waals surface area contributed by atoms with Crippen LogP contribution >= 0.6 is 34.0 Å². The van der Waals surface area contributed by atoms with Crippen LogP contribution in [0, 0.1) is 5.92 Å². The van der Waals surface area contributed by atoms with E-state index in [4.69, 9.17) is 32.5 Å². The number of hydrogen-bond acceptors (Lipinski definition) is 38. The molecule has 0 unspecified atom stereocenters. The number of carbonyl (C=O) groups is 22. The summed E-state index contributed by atoms with van der Waals surface area (Å²) in [6.07, 6.45) is -2.52. The molecule has 57 nitrogen and oxygen atoms in total. The van der Waals surface area contributed by atoms with Crippen molar-refractivity contribution in [2.75, 3.05) is 65.8 Å². The first-order chi connectivity index (χ1) is 64.2. The van der Waals surface area contributed by atoms with E-state index in [-0.39, 0.29) is 64.7 Å². The van der Waals surface area contributed by atoms with Gasteiger partial charge < -0.3 is 158 Å². The van der Waals surface area contributed by atoms with Gasteiger partial charge in [-0.2, -0.15) is 0 Å². The third-order valence-corrected chi connectivity index (χ3v) is 22.5. The van der Waals surface area contributed by atoms with E-state index in [9.17, 15) is 136 Å². The number of nitrogens with two attached hydrogens (primary N) is 4. The van der Waals surface area contributed by atoms with E-state index >= 15 is 0 Å². The van der Waals surface area contributed by atoms with Gasteiger partial charge in [0, 0.05) is 29.1 Å². The van der Waals surface area contributed by atoms with Gasteiger partial charge in [0.25, 0.3) is 23.6 Å². The number of aromatic nitrogens is 4. The van der Waals surface area contributed by atoms with Crippen LogP contribution in [0.25, 0.3) is 0 Å². The van der Waals surface area contributed by atoms with Gasteiger partial charge in [-0.05, 0) is 59.3 Å². The average Bonchev–Trinajstić information content (AvgIpc) is 1.25. The summed E-state index contributed by atoms with van der Waals surface area (Å²) in [7, 11) is 0. The zero-order valence-corrected chi connectivity index (χ0v) is 76.0. The van der Waals surface area contributed by atoms with Crippen molar-refractivity contribution in [1.29, 1.82) is 0 Å². The van der Waals surface area contributed by atoms with Gasteiger partial charge in [-0.3, -0.25) is 110 Å². The van der Waals surface area contributed by atoms with Gasteiger partial charge in [-0.25, -0.2) is 19.9 Å². The van der Waals surface area contributed by atoms with Gasteiger partial charge >= 0.3 is 5.97 Å². The molecular formula is C76H107N27O30S3. The van der Waals surface area contributed by atoms with Crippen LogP contribution in [0.3, 0.4) is 0 Å². The van der Waals surface area contributed by atoms with E-state index < -0.39 is 328 Å². The Bertz CT molecular complexity index is 5100. The number of hydrogen-bond donors (Lipinski definition) is 28. The number of amides is 21. The molecule has 4 aromatic rings. The maximum Gasteiger partial charge on any atom is 0.322 e. The van der Waals surface area contributed by atoms with Crippen LogP contribution in [-0.2, 0) is 86.3 Å². The fourth-order valence-electron chi connectivity index (χ4n) is 12.6. The summed E-state index contributed by atoms with van der Waals surface area (Å²) in [6.45, 7) is 0.704. The predicted molar refractivity (Wildman–Crippen MR) is 465 cm³/mol. The Morgan fingerprint density at radius 3 is 1.49 bits per heavy atom. The van der Waals surface area contributed by atoms with Crippen LogP contribution in [-0.4, -0.2) is 335 Å². The van der Waals surface area contributed by atoms with Gasteiger partial charge in [0.1, 0.15) is 117 Å². The molecule has 6 heterocycles. The van der Waals surface area contributed by atoms with Gasteiger partial charge in [-0.1, -0.05) is 13.8 Å². The Morgan fingerprint density at radius 1 is 0.485 bits per heavy atom. The normalized spacial score (nSPS) is 16.8. The van der Waals surface area contributed by atoms with Gasteiger partial charge in [0.2, 0.25) is 106 Å². The molecule has 0 bridgehead atoms. The van der Waals surface area contributed by atoms with Crippen molar-refractivity contribution in [2.24, 2.45) is 33.8 Å². The van der Waals surface area contributed by atoms with Crippen molar-refractivity contribution in [3.05, 3.63) is 66.1 Å². The molecule has 0 saturated carbocycles. The van der Waals surface area contributed by atoms with Gasteiger partial charge in [0.15, 0.2) is 11.7 Å². The highest BCUT2D eigenvalue weighted by Gasteiger charge is 2.42. The van der Waals surface area contributed by atoms with Crippen molar-refractivity contribution in [1.82, 2.24) is 115 Å². The molecule has 2 aliphatic rings. The maximum atomic E-state index is 13.8. The first kappa shape index (κ1) is 110. The van der Waals surface area contributed by atoms with Crippen molar-refractivity contribution < 1.29 is 146 Å². The molecule has 744 valence electrons. The summed E-state index contributed by atoms with van der Waals surface area (Å²) in [6, 6.07) is -21.4. The number of oxazole rings is 1. The Morgan fingerprint density at radius 2 is 0.956 bits per heavy atom. The minimum atomic E-state index is -1.84. The van der Waals surface area contributed by atoms with E-state index in [1.165, 1.54) is 12.3 Å². The van der Waals surface area contributed by atoms with Crippen LogP contribution < -0.4 is 113 Å². The number of primary amides is 4. The third kappa shape index (κ3) is 34.0. The lowest BCUT2D eigenvalue weighted by Crippen LogP contribution is -2.61. The average molecular weight is 1980 g/mol. The summed E-state index contributed by atoms with van der Waals surface area (Å²) in [4.78, 5) is 306. The number of nitrogens with one attached hydrogen (secondary N) is 17. The molecule has 0 spiro atoms. The number of carbonyl (C=O) groups excluding carboxylic acids is 21. The number of aliphatic carboxylic acids is 1. The number of aliphatic hydroxyl groups excluding tert-OH is 6. The number of nitrogens with zero attached hydrogens (tertiary/aromatic N) is 6. The Labute approximate surface area is 782 Å². The molecule has 2 aliphatic heterocycles. The standard InChI is InChI=1S/C76H107N27O30S3/c1-29(2)12-35(62(122)84-19-56(117)118)88-54(115)17-81-53(114)16-83-71(131)57(33(6)109)102-69(129)47-28-135-74(100-47)38(15-52(80)113)94-59(119)30(3)85-63(123)40(21-105)95-60(120)31(4)86-66(126)44-25-133-72(98-44)36(13-50(78)111)93-65(125)41(22-106)96-68(128)46-27-136-75(101-46)42(23-107)97-61(121)32(5)87-67(127)45-26-134-73(99-45)37(14-51(79)112)89-55(116)18-82-70(130)48-8-7-11-103(48)76(132)43(24-108)91-58-34(9-10-49(77)110)92-64(124)39(20-104)90-58/h25-43,48,57,104-109H,7-24H2,1-6H3,(H2,77,110)(H2,78,111)(H2,79,112)(H2,80,113)(H,81,114)(H,82,130)(H,83,131)(H,84,122)(H,85,123)(H,86,126)(H,87,127)(H,88,115)(H,89,116)(H,90,91)(H,92,124)(H,93,125)(H,94,119)(H,95,120)(H,96,128)(H,97,121)(H,102,129)(H,117,118)/t30-,31-,32-,33+,34-,35-,36-,37-,38-,39-,40-,41-,42-,43-,48-,57+/m0/s1. The molecular weight excluding hydrogens is 1870 g/mol. The molecule has 0 aliphatic carbocycles. The van der Waals surface area contributed by atoms with Crippen LogP contribution in [0.2, 0.25) is 0 Å². The molecule has 60 heteroatoms. The van der Waals surface area contributed by atoms with Crippen molar-refractivity contribution in [3.63, 3.8) is 0 Å². The zero-order chi connectivity index (χ0) is 101. The smallest absolute Gasteiger partial charge is 0.322 e. The van der Waals surface area contributed by atoms with E-state index in [0.29, 0.717) is 6.42 Å². The van der Waals surface area contributed by atoms with Crippen LogP contribution in [0.15, 0.2) is 31.8 Å². The minimum absolute atomic E-state index is 0.0263. The first-order valence-electron chi connectivity index (χ1n) is 41.5. The molecule has 136 heavy (non-hydrogen) atoms. The first-order valence-corrected chi connectivity index (χ1v) is 44.1. The minimum Gasteiger partial charge on any atom is -0.480 e. The number of amidine groups is 1. The number of thiazole rings is 3. The van der Waals surface area contributed by atoms with Crippen molar-refractivity contribution in [2.45, 2.75) is 190 Å². The molecule has 0 aromatic carbocycles. The van der Waals surface area contributed by atoms with Crippen LogP contribution in [0.5, 0.6) is 0 Å². The summed E-state index contributed by atoms with van der Waals surface area (Å²) >= 11 is 2.25. The maximum absolute atomic E-state index is 13.8. The lowest BCUT2D eigenvalue weighted by atomic mass is 10.0. The second-order valence-electron chi connectivity index (χ2n) is 31.0. The summed E-state index contributed by atoms with van der Waals surface area (Å²) in [5.41, 5.74) is 20.0. The van der Waals surface area contributed by atoms with E-state index in [0.717, 1.165) is 76.7 Å². The highest BCUT2D eigenvalue weighted by atomic mass is 32.1. The largest absolute Gasteiger partial charge is 0.480 e. The zero-order valence-electron chi connectivity index (χ0n) is 73.6. The lowest BCUT2D eigenvalue weighted by Gasteiger charge is -2.32. The number of likely N-dealkylation sites (tertiary alicyclic amines) is 1. The second kappa shape index (κ2) is 52.9. The molecule has 1 saturated heterocycles. The Balaban J connectivity index is 0.954. The molecule has 1 fully saturated rings. The summed E-state index contributed by atoms with van der Waals surface area (Å²) < 4.78 is 5.38. The Hall–Kier alpha value is -14.3. The van der Waals surface area contributed by atoms with E-state index in [1.54, 1.807) is 13.8 Å². The van der Waals surface area contributed by atoms with Crippen LogP contribution in [0.4, 0.5) is 0 Å². The quantitative estimate of drug-likeness (QED) is 0.0195. The number of carboxylic acids is 1. The molecule has 32 N–H and O–H groups in total. The summed E-state index contributed by atoms with van der Waals surface area (Å²) in [5.74, 6) is -22.2. The Kier molecular flexibility index (Phi) is 43.0. The predicted octanol–water partition coefficient (Wildman–Crippen LogP) is -13.3. The third-order valence-electron chi connectivity index (χ3n) is 19.6. The highest BCUT2D eigenvalue weighted by Crippen LogP contribution is 2.26.